The van der Waals surface area contributed by atoms with Gasteiger partial charge in [-0.15, -0.1) is 11.3 Å². The van der Waals surface area contributed by atoms with Crippen LogP contribution in [-0.2, 0) is 39.9 Å². The van der Waals surface area contributed by atoms with Crippen molar-refractivity contribution in [3.05, 3.63) is 77.1 Å². The minimum Gasteiger partial charge on any atom is -0.494 e. The molecule has 1 aliphatic heterocycles. The zero-order valence-corrected chi connectivity index (χ0v) is 44.4. The summed E-state index contributed by atoms with van der Waals surface area (Å²) in [7, 11) is 1.89. The number of nitrogens with zero attached hydrogens (tertiary/aromatic N) is 5. The number of ether oxygens (including phenoxy) is 4. The third kappa shape index (κ3) is 18.0. The number of nitrogens with one attached hydrogen (secondary N) is 4. The van der Waals surface area contributed by atoms with Gasteiger partial charge in [0.15, 0.2) is 0 Å². The monoisotopic (exact) mass is 1030 g/mol. The average molecular weight is 1030 g/mol. The summed E-state index contributed by atoms with van der Waals surface area (Å²) >= 11 is 1.58. The molecule has 2 aromatic heterocycles. The molecule has 0 unspecified atom stereocenters. The molecule has 4 amide bonds. The van der Waals surface area contributed by atoms with Gasteiger partial charge in [0, 0.05) is 102 Å². The van der Waals surface area contributed by atoms with Crippen LogP contribution in [0.2, 0.25) is 0 Å². The van der Waals surface area contributed by atoms with Crippen LogP contribution in [0.15, 0.2) is 60.2 Å². The summed E-state index contributed by atoms with van der Waals surface area (Å²) in [5.74, 6) is 1.28. The van der Waals surface area contributed by atoms with Crippen molar-refractivity contribution in [1.82, 2.24) is 35.4 Å². The summed E-state index contributed by atoms with van der Waals surface area (Å²) < 4.78 is 23.0. The molecule has 3 heterocycles. The number of hydrogen-bond donors (Lipinski definition) is 5. The zero-order valence-electron chi connectivity index (χ0n) is 43.6. The second kappa shape index (κ2) is 28.6. The van der Waals surface area contributed by atoms with E-state index in [-0.39, 0.29) is 43.8 Å². The number of β-amino-alcohol motifs (C(OH)–C–C–N with tert-alkyl or cyclic N) is 1. The van der Waals surface area contributed by atoms with Crippen molar-refractivity contribution in [2.45, 2.75) is 117 Å². The number of aliphatic hydroxyl groups is 1. The van der Waals surface area contributed by atoms with Gasteiger partial charge in [0.05, 0.1) is 28.8 Å². The fraction of sp³-hybridized carbons (Fsp3) is 0.574. The van der Waals surface area contributed by atoms with Crippen molar-refractivity contribution < 1.29 is 43.2 Å². The molecule has 6 rings (SSSR count). The topological polar surface area (TPSA) is 219 Å². The minimum atomic E-state index is -0.939. The van der Waals surface area contributed by atoms with E-state index < -0.39 is 35.4 Å². The van der Waals surface area contributed by atoms with Gasteiger partial charge < -0.3 is 55.1 Å². The van der Waals surface area contributed by atoms with Crippen LogP contribution in [0.5, 0.6) is 5.75 Å². The largest absolute Gasteiger partial charge is 0.494 e. The van der Waals surface area contributed by atoms with E-state index >= 15 is 0 Å². The Bertz CT molecular complexity index is 2360. The molecule has 5 N–H and O–H groups in total. The number of rotatable bonds is 30. The first-order chi connectivity index (χ1) is 35.2. The molecule has 0 spiro atoms. The predicted octanol–water partition coefficient (Wildman–Crippen LogP) is 6.82. The second-order valence-electron chi connectivity index (χ2n) is 20.0. The lowest BCUT2D eigenvalue weighted by molar-refractivity contribution is -0.144. The lowest BCUT2D eigenvalue weighted by Gasteiger charge is -2.35. The molecule has 2 aromatic carbocycles. The van der Waals surface area contributed by atoms with Crippen LogP contribution in [0.4, 0.5) is 17.5 Å². The van der Waals surface area contributed by atoms with Gasteiger partial charge in [0.25, 0.3) is 0 Å². The Balaban J connectivity index is 0.763. The third-order valence-electron chi connectivity index (χ3n) is 12.9. The van der Waals surface area contributed by atoms with Crippen LogP contribution in [-0.4, -0.2) is 145 Å². The molecular formula is C54H77N9O9S. The lowest BCUT2D eigenvalue weighted by Crippen LogP contribution is -2.58. The molecule has 1 saturated carbocycles. The van der Waals surface area contributed by atoms with Crippen LogP contribution in [0.3, 0.4) is 0 Å². The van der Waals surface area contributed by atoms with Crippen LogP contribution < -0.4 is 26.0 Å². The zero-order chi connectivity index (χ0) is 52.2. The summed E-state index contributed by atoms with van der Waals surface area (Å²) in [5.41, 5.74) is 5.86. The molecule has 0 radical (unpaired) electrons. The van der Waals surface area contributed by atoms with Gasteiger partial charge in [-0.3, -0.25) is 19.2 Å². The Labute approximate surface area is 434 Å². The van der Waals surface area contributed by atoms with Gasteiger partial charge in [0.2, 0.25) is 29.6 Å². The number of aryl methyl sites for hydroxylation is 2. The van der Waals surface area contributed by atoms with Crippen LogP contribution in [0.1, 0.15) is 95.4 Å². The number of anilines is 3. The van der Waals surface area contributed by atoms with Crippen LogP contribution in [0, 0.1) is 25.2 Å². The number of carbonyl (C=O) groups excluding carboxylic acids is 4. The van der Waals surface area contributed by atoms with Gasteiger partial charge in [0.1, 0.15) is 30.3 Å². The number of unbranched alkanes of at least 4 members (excludes halogenated alkanes) is 1. The number of hydrogen-bond acceptors (Lipinski definition) is 15. The molecule has 398 valence electrons. The van der Waals surface area contributed by atoms with E-state index in [1.807, 2.05) is 101 Å². The van der Waals surface area contributed by atoms with E-state index in [1.54, 1.807) is 17.5 Å². The van der Waals surface area contributed by atoms with Gasteiger partial charge >= 0.3 is 0 Å². The summed E-state index contributed by atoms with van der Waals surface area (Å²) in [6.07, 6.45) is 8.15. The first-order valence-corrected chi connectivity index (χ1v) is 26.6. The quantitative estimate of drug-likeness (QED) is 0.0339. The lowest BCUT2D eigenvalue weighted by atomic mass is 9.84. The van der Waals surface area contributed by atoms with Crippen molar-refractivity contribution in [3.8, 4) is 16.2 Å². The smallest absolute Gasteiger partial charge is 0.246 e. The third-order valence-corrected chi connectivity index (χ3v) is 13.9. The van der Waals surface area contributed by atoms with Crippen molar-refractivity contribution >= 4 is 52.4 Å². The number of aromatic nitrogens is 3. The molecule has 4 aromatic rings. The first-order valence-electron chi connectivity index (χ1n) is 25.8. The normalized spacial score (nSPS) is 16.1. The van der Waals surface area contributed by atoms with Gasteiger partial charge in [-0.1, -0.05) is 51.5 Å². The van der Waals surface area contributed by atoms with Crippen LogP contribution >= 0.6 is 11.3 Å². The van der Waals surface area contributed by atoms with E-state index in [0.717, 1.165) is 89.5 Å². The second-order valence-corrected chi connectivity index (χ2v) is 20.9. The Morgan fingerprint density at radius 1 is 0.877 bits per heavy atom. The molecular weight excluding hydrogens is 951 g/mol. The van der Waals surface area contributed by atoms with Gasteiger partial charge in [-0.05, 0) is 93.2 Å². The number of likely N-dealkylation sites (tertiary alicyclic amines) is 1. The highest BCUT2D eigenvalue weighted by Gasteiger charge is 2.44. The molecule has 1 saturated heterocycles. The molecule has 73 heavy (non-hydrogen) atoms. The maximum atomic E-state index is 13.9. The summed E-state index contributed by atoms with van der Waals surface area (Å²) in [4.78, 5) is 70.5. The summed E-state index contributed by atoms with van der Waals surface area (Å²) in [5, 5.41) is 23.0. The Kier molecular flexibility index (Phi) is 22.2. The number of amides is 4. The molecule has 2 fully saturated rings. The van der Waals surface area contributed by atoms with E-state index in [2.05, 4.69) is 36.2 Å². The maximum absolute atomic E-state index is 13.9. The number of benzene rings is 2. The molecule has 1 aliphatic carbocycles. The fourth-order valence-corrected chi connectivity index (χ4v) is 9.23. The van der Waals surface area contributed by atoms with Crippen molar-refractivity contribution in [2.75, 3.05) is 83.6 Å². The van der Waals surface area contributed by atoms with Crippen molar-refractivity contribution in [2.24, 2.45) is 11.3 Å². The standard InChI is InChI=1S/C54H77N9O9S/c1-37-32-57-53(61-49(37)55-23-10-24-62(6)51(67)41-13-9-14-41)59-42-19-21-44(22-20-42)72-30-12-28-70-26-8-7-25-69-27-11-29-71-35-46(65)60-48(54(3,4)5)52(68)63-34-43(64)31-45(63)50(66)56-33-39-15-17-40(18-16-39)47-38(2)58-36-73-47/h15-22,32,36,41,43,45,48,64H,7-14,23-31,33-35H2,1-6H3,(H,56,66)(H,60,65)(H2,55,57,59,61)/t43-,45+,48-/m1/s1. The SMILES string of the molecule is Cc1cnc(Nc2ccc(OCCCOCCCCOCCCOCC(=O)N[C@H](C(=O)N3C[C@H](O)C[C@H]3C(=O)NCc3ccc(-c4scnc4C)cc3)C(C)(C)C)cc2)nc1NCCCN(C)C(=O)C1CCC1. The fourth-order valence-electron chi connectivity index (χ4n) is 8.42. The summed E-state index contributed by atoms with van der Waals surface area (Å²) in [6, 6.07) is 13.8. The van der Waals surface area contributed by atoms with Crippen molar-refractivity contribution in [1.29, 1.82) is 0 Å². The highest BCUT2D eigenvalue weighted by Crippen LogP contribution is 2.30. The first kappa shape index (κ1) is 56.6. The molecule has 3 atom stereocenters. The molecule has 0 bridgehead atoms. The van der Waals surface area contributed by atoms with Gasteiger partial charge in [-0.2, -0.15) is 4.98 Å². The Hall–Kier alpha value is -5.73. The summed E-state index contributed by atoms with van der Waals surface area (Å²) in [6.45, 7) is 14.1. The van der Waals surface area contributed by atoms with Gasteiger partial charge in [-0.25, -0.2) is 9.97 Å². The molecule has 2 aliphatic rings. The van der Waals surface area contributed by atoms with E-state index in [9.17, 15) is 24.3 Å². The van der Waals surface area contributed by atoms with Crippen molar-refractivity contribution in [3.63, 3.8) is 0 Å². The van der Waals surface area contributed by atoms with Crippen LogP contribution in [0.25, 0.3) is 10.4 Å². The minimum absolute atomic E-state index is 0.00237. The molecule has 18 nitrogen and oxygen atoms in total. The predicted molar refractivity (Wildman–Crippen MR) is 283 cm³/mol. The Morgan fingerprint density at radius 3 is 2.22 bits per heavy atom. The van der Waals surface area contributed by atoms with E-state index in [0.29, 0.717) is 65.1 Å². The maximum Gasteiger partial charge on any atom is 0.246 e. The highest BCUT2D eigenvalue weighted by atomic mass is 32.1. The number of aliphatic hydroxyl groups excluding tert-OH is 1. The Morgan fingerprint density at radius 2 is 1.56 bits per heavy atom. The van der Waals surface area contributed by atoms with E-state index in [4.69, 9.17) is 18.9 Å². The number of carbonyl (C=O) groups is 4. The average Bonchev–Trinajstić information content (AvgIpc) is 3.97. The van der Waals surface area contributed by atoms with E-state index in [1.165, 1.54) is 4.90 Å². The highest BCUT2D eigenvalue weighted by molar-refractivity contribution is 7.13. The molecule has 19 heteroatoms. The number of thiazole rings is 1.